The van der Waals surface area contributed by atoms with Crippen molar-refractivity contribution in [2.75, 3.05) is 20.0 Å². The highest BCUT2D eigenvalue weighted by molar-refractivity contribution is 7.99. The van der Waals surface area contributed by atoms with Gasteiger partial charge in [-0.2, -0.15) is 0 Å². The van der Waals surface area contributed by atoms with E-state index < -0.39 is 12.0 Å². The third kappa shape index (κ3) is 2.97. The molecule has 2 aliphatic rings. The standard InChI is InChI=1S/C16H19NO5S/c1-21-12-6-5-10(7-13(12)22-2)15-17(14(18)9-3-4-9)11(8-23-15)16(19)20/h5-7,9,11,15H,3-4,8H2,1-2H3,(H,19,20). The van der Waals surface area contributed by atoms with E-state index >= 15 is 0 Å². The predicted molar refractivity (Wildman–Crippen MR) is 85.7 cm³/mol. The molecule has 1 aliphatic heterocycles. The fourth-order valence-electron chi connectivity index (χ4n) is 2.77. The SMILES string of the molecule is COc1ccc(C2SCC(C(=O)O)N2C(=O)C2CC2)cc1OC. The molecule has 1 saturated heterocycles. The number of hydrogen-bond donors (Lipinski definition) is 1. The van der Waals surface area contributed by atoms with E-state index in [4.69, 9.17) is 9.47 Å². The number of nitrogens with zero attached hydrogens (tertiary/aromatic N) is 1. The van der Waals surface area contributed by atoms with Gasteiger partial charge in [0.15, 0.2) is 11.5 Å². The summed E-state index contributed by atoms with van der Waals surface area (Å²) in [7, 11) is 3.11. The van der Waals surface area contributed by atoms with Gasteiger partial charge in [0.05, 0.1) is 14.2 Å². The molecule has 0 radical (unpaired) electrons. The number of thioether (sulfide) groups is 1. The second-order valence-electron chi connectivity index (χ2n) is 5.67. The van der Waals surface area contributed by atoms with Crippen molar-refractivity contribution in [3.63, 3.8) is 0 Å². The minimum atomic E-state index is -0.950. The van der Waals surface area contributed by atoms with Crippen molar-refractivity contribution in [1.29, 1.82) is 0 Å². The van der Waals surface area contributed by atoms with Crippen LogP contribution in [0.3, 0.4) is 0 Å². The molecular weight excluding hydrogens is 318 g/mol. The van der Waals surface area contributed by atoms with Crippen molar-refractivity contribution >= 4 is 23.6 Å². The third-order valence-corrected chi connectivity index (χ3v) is 5.48. The van der Waals surface area contributed by atoms with Gasteiger partial charge in [0.2, 0.25) is 5.91 Å². The van der Waals surface area contributed by atoms with Gasteiger partial charge in [0.1, 0.15) is 11.4 Å². The highest BCUT2D eigenvalue weighted by Crippen LogP contribution is 2.46. The third-order valence-electron chi connectivity index (χ3n) is 4.16. The van der Waals surface area contributed by atoms with Gasteiger partial charge < -0.3 is 19.5 Å². The Labute approximate surface area is 138 Å². The zero-order chi connectivity index (χ0) is 16.6. The Balaban J connectivity index is 1.93. The maximum Gasteiger partial charge on any atom is 0.327 e. The van der Waals surface area contributed by atoms with Gasteiger partial charge in [-0.3, -0.25) is 4.79 Å². The molecule has 1 amide bonds. The average Bonchev–Trinajstić information content (AvgIpc) is 3.31. The van der Waals surface area contributed by atoms with Crippen molar-refractivity contribution in [2.24, 2.45) is 5.92 Å². The summed E-state index contributed by atoms with van der Waals surface area (Å²) in [6.45, 7) is 0. The Hall–Kier alpha value is -1.89. The highest BCUT2D eigenvalue weighted by Gasteiger charge is 2.46. The highest BCUT2D eigenvalue weighted by atomic mass is 32.2. The number of ether oxygens (including phenoxy) is 2. The predicted octanol–water partition coefficient (Wildman–Crippen LogP) is 2.14. The van der Waals surface area contributed by atoms with Crippen LogP contribution in [-0.4, -0.2) is 47.9 Å². The van der Waals surface area contributed by atoms with E-state index in [1.807, 2.05) is 12.1 Å². The Morgan fingerprint density at radius 3 is 2.48 bits per heavy atom. The first-order valence-corrected chi connectivity index (χ1v) is 8.50. The van der Waals surface area contributed by atoms with E-state index in [0.29, 0.717) is 17.3 Å². The van der Waals surface area contributed by atoms with E-state index in [1.54, 1.807) is 20.3 Å². The lowest BCUT2D eigenvalue weighted by Gasteiger charge is -2.28. The second kappa shape index (κ2) is 6.31. The molecular formula is C16H19NO5S. The molecule has 1 aromatic rings. The Morgan fingerprint density at radius 1 is 1.22 bits per heavy atom. The van der Waals surface area contributed by atoms with Crippen molar-refractivity contribution in [3.05, 3.63) is 23.8 Å². The van der Waals surface area contributed by atoms with Gasteiger partial charge in [-0.1, -0.05) is 6.07 Å². The molecule has 0 bridgehead atoms. The maximum atomic E-state index is 12.6. The minimum Gasteiger partial charge on any atom is -0.493 e. The lowest BCUT2D eigenvalue weighted by atomic mass is 10.1. The number of carbonyl (C=O) groups excluding carboxylic acids is 1. The number of carboxylic acid groups (broad SMARTS) is 1. The number of methoxy groups -OCH3 is 2. The summed E-state index contributed by atoms with van der Waals surface area (Å²) in [6, 6.07) is 4.68. The van der Waals surface area contributed by atoms with Gasteiger partial charge in [-0.15, -0.1) is 11.8 Å². The molecule has 2 fully saturated rings. The molecule has 1 saturated carbocycles. The molecule has 124 valence electrons. The summed E-state index contributed by atoms with van der Waals surface area (Å²) in [4.78, 5) is 25.6. The van der Waals surface area contributed by atoms with Crippen LogP contribution in [0.2, 0.25) is 0 Å². The number of rotatable bonds is 5. The summed E-state index contributed by atoms with van der Waals surface area (Å²) in [5.74, 6) is 0.555. The van der Waals surface area contributed by atoms with Gasteiger partial charge in [0.25, 0.3) is 0 Å². The maximum absolute atomic E-state index is 12.6. The van der Waals surface area contributed by atoms with Crippen LogP contribution >= 0.6 is 11.8 Å². The van der Waals surface area contributed by atoms with Crippen LogP contribution in [0.1, 0.15) is 23.8 Å². The largest absolute Gasteiger partial charge is 0.493 e. The number of carboxylic acids is 1. The van der Waals surface area contributed by atoms with Crippen LogP contribution in [0.5, 0.6) is 11.5 Å². The van der Waals surface area contributed by atoms with Gasteiger partial charge in [-0.25, -0.2) is 4.79 Å². The lowest BCUT2D eigenvalue weighted by molar-refractivity contribution is -0.149. The number of carbonyl (C=O) groups is 2. The zero-order valence-corrected chi connectivity index (χ0v) is 13.8. The summed E-state index contributed by atoms with van der Waals surface area (Å²) in [6.07, 6.45) is 1.70. The molecule has 2 unspecified atom stereocenters. The number of aliphatic carboxylic acids is 1. The average molecular weight is 337 g/mol. The fourth-order valence-corrected chi connectivity index (χ4v) is 4.19. The number of amides is 1. The van der Waals surface area contributed by atoms with Crippen LogP contribution in [-0.2, 0) is 9.59 Å². The van der Waals surface area contributed by atoms with E-state index in [2.05, 4.69) is 0 Å². The van der Waals surface area contributed by atoms with E-state index in [-0.39, 0.29) is 17.2 Å². The molecule has 6 nitrogen and oxygen atoms in total. The van der Waals surface area contributed by atoms with Crippen LogP contribution < -0.4 is 9.47 Å². The van der Waals surface area contributed by atoms with E-state index in [0.717, 1.165) is 18.4 Å². The number of hydrogen-bond acceptors (Lipinski definition) is 5. The summed E-state index contributed by atoms with van der Waals surface area (Å²) in [5.41, 5.74) is 0.852. The molecule has 0 aromatic heterocycles. The Bertz CT molecular complexity index is 631. The van der Waals surface area contributed by atoms with Crippen LogP contribution in [0, 0.1) is 5.92 Å². The first-order chi connectivity index (χ1) is 11.1. The smallest absolute Gasteiger partial charge is 0.327 e. The second-order valence-corrected chi connectivity index (χ2v) is 6.79. The lowest BCUT2D eigenvalue weighted by Crippen LogP contribution is -2.43. The van der Waals surface area contributed by atoms with Gasteiger partial charge >= 0.3 is 5.97 Å². The molecule has 2 atom stereocenters. The summed E-state index contributed by atoms with van der Waals surface area (Å²) in [5, 5.41) is 9.13. The molecule has 3 rings (SSSR count). The first-order valence-electron chi connectivity index (χ1n) is 7.45. The normalized spacial score (nSPS) is 23.7. The van der Waals surface area contributed by atoms with Crippen molar-refractivity contribution in [1.82, 2.24) is 4.90 Å². The first kappa shape index (κ1) is 16.0. The van der Waals surface area contributed by atoms with E-state index in [1.165, 1.54) is 16.7 Å². The molecule has 0 spiro atoms. The molecule has 1 heterocycles. The van der Waals surface area contributed by atoms with Crippen LogP contribution in [0.4, 0.5) is 0 Å². The summed E-state index contributed by atoms with van der Waals surface area (Å²) < 4.78 is 10.5. The van der Waals surface area contributed by atoms with Crippen molar-refractivity contribution < 1.29 is 24.2 Å². The Morgan fingerprint density at radius 2 is 1.91 bits per heavy atom. The molecule has 23 heavy (non-hydrogen) atoms. The quantitative estimate of drug-likeness (QED) is 0.887. The molecule has 1 aliphatic carbocycles. The fraction of sp³-hybridized carbons (Fsp3) is 0.500. The van der Waals surface area contributed by atoms with Crippen LogP contribution in [0.25, 0.3) is 0 Å². The minimum absolute atomic E-state index is 0.0156. The molecule has 7 heteroatoms. The molecule has 1 aromatic carbocycles. The Kier molecular flexibility index (Phi) is 4.39. The summed E-state index contributed by atoms with van der Waals surface area (Å²) >= 11 is 1.47. The zero-order valence-electron chi connectivity index (χ0n) is 13.0. The van der Waals surface area contributed by atoms with E-state index in [9.17, 15) is 14.7 Å². The van der Waals surface area contributed by atoms with Crippen molar-refractivity contribution in [2.45, 2.75) is 24.3 Å². The van der Waals surface area contributed by atoms with Crippen molar-refractivity contribution in [3.8, 4) is 11.5 Å². The monoisotopic (exact) mass is 337 g/mol. The molecule has 1 N–H and O–H groups in total. The topological polar surface area (TPSA) is 76.1 Å². The van der Waals surface area contributed by atoms with Gasteiger partial charge in [0, 0.05) is 11.7 Å². The number of benzene rings is 1. The van der Waals surface area contributed by atoms with Gasteiger partial charge in [-0.05, 0) is 30.5 Å². The van der Waals surface area contributed by atoms with Crippen LogP contribution in [0.15, 0.2) is 18.2 Å².